The monoisotopic (exact) mass is 620 g/mol. The van der Waals surface area contributed by atoms with Crippen LogP contribution in [0, 0.1) is 10.8 Å². The smallest absolute Gasteiger partial charge is 0.257 e. The van der Waals surface area contributed by atoms with E-state index >= 15 is 0 Å². The maximum Gasteiger partial charge on any atom is 0.257 e. The molecule has 9 nitrogen and oxygen atoms in total. The van der Waals surface area contributed by atoms with Gasteiger partial charge < -0.3 is 14.2 Å². The van der Waals surface area contributed by atoms with Gasteiger partial charge in [0.2, 0.25) is 18.2 Å². The number of nitrogens with zero attached hydrogens (tertiary/aromatic N) is 6. The number of carbonyl (C=O) groups excluding carboxylic acids is 2. The van der Waals surface area contributed by atoms with Gasteiger partial charge in [-0.1, -0.05) is 73.4 Å². The van der Waals surface area contributed by atoms with E-state index < -0.39 is 0 Å². The van der Waals surface area contributed by atoms with Gasteiger partial charge in [0.05, 0.1) is 40.7 Å². The summed E-state index contributed by atoms with van der Waals surface area (Å²) < 4.78 is 7.85. The predicted molar refractivity (Wildman–Crippen MR) is 163 cm³/mol. The first-order valence-corrected chi connectivity index (χ1v) is 15.2. The number of rotatable bonds is 7. The molecular weight excluding hydrogens is 587 g/mol. The van der Waals surface area contributed by atoms with Crippen LogP contribution >= 0.6 is 23.2 Å². The summed E-state index contributed by atoms with van der Waals surface area (Å²) in [6.07, 6.45) is 7.53. The van der Waals surface area contributed by atoms with Crippen molar-refractivity contribution in [2.24, 2.45) is 10.8 Å². The predicted octanol–water partition coefficient (Wildman–Crippen LogP) is 5.72. The van der Waals surface area contributed by atoms with Gasteiger partial charge in [0.15, 0.2) is 0 Å². The molecule has 0 radical (unpaired) electrons. The highest BCUT2D eigenvalue weighted by molar-refractivity contribution is 6.42. The Morgan fingerprint density at radius 2 is 1.77 bits per heavy atom. The van der Waals surface area contributed by atoms with Crippen molar-refractivity contribution in [3.05, 3.63) is 99.4 Å². The number of likely N-dealkylation sites (tertiary alicyclic amines) is 2. The molecule has 3 aliphatic rings. The summed E-state index contributed by atoms with van der Waals surface area (Å²) in [4.78, 5) is 28.4. The van der Waals surface area contributed by atoms with Crippen LogP contribution in [-0.4, -0.2) is 68.3 Å². The van der Waals surface area contributed by atoms with E-state index in [-0.39, 0.29) is 17.2 Å². The molecule has 1 spiro atoms. The Morgan fingerprint density at radius 3 is 2.44 bits per heavy atom. The highest BCUT2D eigenvalue weighted by Gasteiger charge is 2.57. The Morgan fingerprint density at radius 1 is 1.02 bits per heavy atom. The molecule has 0 N–H and O–H groups in total. The van der Waals surface area contributed by atoms with E-state index in [1.165, 1.54) is 12.8 Å². The largest absolute Gasteiger partial charge is 0.425 e. The number of aromatic nitrogens is 4. The van der Waals surface area contributed by atoms with Crippen molar-refractivity contribution < 1.29 is 14.0 Å². The average Bonchev–Trinajstić information content (AvgIpc) is 3.39. The van der Waals surface area contributed by atoms with Gasteiger partial charge in [0.1, 0.15) is 0 Å². The highest BCUT2D eigenvalue weighted by atomic mass is 35.5. The van der Waals surface area contributed by atoms with E-state index in [1.807, 2.05) is 36.4 Å². The molecule has 7 rings (SSSR count). The van der Waals surface area contributed by atoms with Gasteiger partial charge >= 0.3 is 0 Å². The lowest BCUT2D eigenvalue weighted by Crippen LogP contribution is -2.59. The zero-order chi connectivity index (χ0) is 30.2. The van der Waals surface area contributed by atoms with Crippen molar-refractivity contribution >= 4 is 35.5 Å². The maximum atomic E-state index is 13.5. The van der Waals surface area contributed by atoms with Crippen molar-refractivity contribution in [2.45, 2.75) is 45.6 Å². The lowest BCUT2D eigenvalue weighted by Gasteiger charge is -2.48. The third-order valence-corrected chi connectivity index (χ3v) is 9.30. The Kier molecular flexibility index (Phi) is 8.04. The fourth-order valence-electron chi connectivity index (χ4n) is 5.69. The van der Waals surface area contributed by atoms with E-state index in [2.05, 4.69) is 29.1 Å². The third kappa shape index (κ3) is 6.63. The Hall–Kier alpha value is -3.69. The van der Waals surface area contributed by atoms with E-state index in [0.29, 0.717) is 66.5 Å². The second-order valence-electron chi connectivity index (χ2n) is 12.6. The molecule has 2 amide bonds. The molecule has 2 aliphatic heterocycles. The van der Waals surface area contributed by atoms with E-state index in [0.717, 1.165) is 23.0 Å². The van der Waals surface area contributed by atoms with Crippen LogP contribution in [0.3, 0.4) is 0 Å². The molecule has 43 heavy (non-hydrogen) atoms. The normalized spacial score (nSPS) is 19.5. The molecular formula is C32H34Cl2N6O3. The quantitative estimate of drug-likeness (QED) is 0.245. The van der Waals surface area contributed by atoms with Crippen molar-refractivity contribution in [3.8, 4) is 0 Å². The summed E-state index contributed by atoms with van der Waals surface area (Å²) in [6.45, 7) is 7.16. The van der Waals surface area contributed by atoms with Crippen LogP contribution in [0.2, 0.25) is 10.0 Å². The van der Waals surface area contributed by atoms with Gasteiger partial charge in [-0.2, -0.15) is 5.10 Å². The van der Waals surface area contributed by atoms with Gasteiger partial charge in [-0.05, 0) is 41.5 Å². The molecule has 224 valence electrons. The Labute approximate surface area is 260 Å². The van der Waals surface area contributed by atoms with Crippen molar-refractivity contribution in [1.29, 1.82) is 0 Å². The van der Waals surface area contributed by atoms with Crippen LogP contribution in [0.5, 0.6) is 0 Å². The second kappa shape index (κ2) is 11.8. The van der Waals surface area contributed by atoms with Gasteiger partial charge in [-0.15, -0.1) is 10.2 Å². The summed E-state index contributed by atoms with van der Waals surface area (Å²) in [5.41, 5.74) is 2.94. The molecule has 4 heterocycles. The molecule has 4 aromatic rings. The summed E-state index contributed by atoms with van der Waals surface area (Å²) in [5, 5.41) is 13.9. The highest BCUT2D eigenvalue weighted by Crippen LogP contribution is 2.48. The van der Waals surface area contributed by atoms with Crippen LogP contribution < -0.4 is 0 Å². The molecule has 2 saturated heterocycles. The van der Waals surface area contributed by atoms with Gasteiger partial charge in [-0.3, -0.25) is 14.3 Å². The Bertz CT molecular complexity index is 1610. The molecule has 3 fully saturated rings. The average molecular weight is 622 g/mol. The van der Waals surface area contributed by atoms with Crippen LogP contribution in [0.15, 0.2) is 65.3 Å². The number of carbonyl (C=O) groups is 2. The lowest BCUT2D eigenvalue weighted by atomic mass is 9.72. The SMILES string of the molecule is CC1(C)CC1.O=CN1CC2(C1)CN(C(=O)c1cnn(Cc3ccccc3)c1)CC2c1nnc(Cc2ccc(Cl)c(Cl)c2)o1. The standard InChI is InChI=1S/C27H24Cl2N6O3.C5H10/c28-22-7-6-19(8-23(22)29)9-24-31-32-25(38-24)21-13-34(16-27(21)14-33(15-27)17-36)26(37)20-10-30-35(12-20)11-18-4-2-1-3-5-18;1-5(2)3-4-5/h1-8,10,12,17,21H,9,11,13-16H2;3-4H2,1-2H3. The van der Waals surface area contributed by atoms with Crippen molar-refractivity contribution in [1.82, 2.24) is 29.8 Å². The second-order valence-corrected chi connectivity index (χ2v) is 13.5. The first-order valence-electron chi connectivity index (χ1n) is 14.4. The molecule has 1 saturated carbocycles. The van der Waals surface area contributed by atoms with Gasteiger partial charge in [-0.25, -0.2) is 0 Å². The van der Waals surface area contributed by atoms with Gasteiger partial charge in [0.25, 0.3) is 5.91 Å². The number of amides is 2. The van der Waals surface area contributed by atoms with Crippen LogP contribution in [0.1, 0.15) is 65.9 Å². The molecule has 1 atom stereocenters. The topological polar surface area (TPSA) is 97.4 Å². The minimum Gasteiger partial charge on any atom is -0.425 e. The van der Waals surface area contributed by atoms with Crippen LogP contribution in [0.4, 0.5) is 0 Å². The van der Waals surface area contributed by atoms with Crippen LogP contribution in [-0.2, 0) is 17.8 Å². The summed E-state index contributed by atoms with van der Waals surface area (Å²) in [7, 11) is 0. The lowest BCUT2D eigenvalue weighted by molar-refractivity contribution is -0.129. The van der Waals surface area contributed by atoms with E-state index in [9.17, 15) is 9.59 Å². The number of hydrogen-bond acceptors (Lipinski definition) is 6. The zero-order valence-corrected chi connectivity index (χ0v) is 25.8. The van der Waals surface area contributed by atoms with Crippen LogP contribution in [0.25, 0.3) is 0 Å². The maximum absolute atomic E-state index is 13.5. The fraction of sp³-hybridized carbons (Fsp3) is 0.406. The number of benzene rings is 2. The molecule has 0 bridgehead atoms. The zero-order valence-electron chi connectivity index (χ0n) is 24.2. The summed E-state index contributed by atoms with van der Waals surface area (Å²) in [6, 6.07) is 15.3. The molecule has 1 unspecified atom stereocenters. The van der Waals surface area contributed by atoms with Gasteiger partial charge in [0, 0.05) is 37.8 Å². The molecule has 1 aliphatic carbocycles. The minimum atomic E-state index is -0.329. The Balaban J connectivity index is 0.000000599. The van der Waals surface area contributed by atoms with Crippen molar-refractivity contribution in [3.63, 3.8) is 0 Å². The summed E-state index contributed by atoms with van der Waals surface area (Å²) in [5.74, 6) is 0.635. The first kappa shape index (κ1) is 29.4. The fourth-order valence-corrected chi connectivity index (χ4v) is 6.01. The number of halogens is 2. The van der Waals surface area contributed by atoms with E-state index in [1.54, 1.807) is 39.0 Å². The van der Waals surface area contributed by atoms with E-state index in [4.69, 9.17) is 27.6 Å². The molecule has 2 aromatic carbocycles. The number of hydrogen-bond donors (Lipinski definition) is 0. The van der Waals surface area contributed by atoms with Crippen molar-refractivity contribution in [2.75, 3.05) is 26.2 Å². The third-order valence-electron chi connectivity index (χ3n) is 8.56. The molecule has 2 aromatic heterocycles. The summed E-state index contributed by atoms with van der Waals surface area (Å²) >= 11 is 12.2. The minimum absolute atomic E-state index is 0.105. The first-order chi connectivity index (χ1) is 20.6. The molecule has 11 heteroatoms.